The lowest BCUT2D eigenvalue weighted by Crippen LogP contribution is -2.31. The van der Waals surface area contributed by atoms with Crippen molar-refractivity contribution in [1.29, 1.82) is 0 Å². The monoisotopic (exact) mass is 390 g/mol. The third-order valence-electron chi connectivity index (χ3n) is 5.85. The summed E-state index contributed by atoms with van der Waals surface area (Å²) in [5.41, 5.74) is 5.39. The van der Waals surface area contributed by atoms with Gasteiger partial charge < -0.3 is 14.7 Å². The fraction of sp³-hybridized carbons (Fsp3) is 0.318. The molecule has 2 heterocycles. The summed E-state index contributed by atoms with van der Waals surface area (Å²) < 4.78 is 7.46. The predicted octanol–water partition coefficient (Wildman–Crippen LogP) is 2.97. The number of ether oxygens (including phenoxy) is 1. The van der Waals surface area contributed by atoms with Gasteiger partial charge in [-0.3, -0.25) is 0 Å². The average Bonchev–Trinajstić information content (AvgIpc) is 3.49. The standard InChI is InChI=1S/C22H22N4O3/c27-13-15-11-26(24-23-15)16-9-10-25(12-16)22(28)29-14-21-19-7-3-1-5-17(19)18-6-2-4-8-20(18)21/h1-8,11,16,21,27H,9-10,12-14H2. The second-order valence-electron chi connectivity index (χ2n) is 7.54. The Morgan fingerprint density at radius 3 is 2.45 bits per heavy atom. The maximum absolute atomic E-state index is 12.7. The van der Waals surface area contributed by atoms with E-state index in [1.54, 1.807) is 15.8 Å². The molecule has 0 saturated carbocycles. The van der Waals surface area contributed by atoms with Crippen molar-refractivity contribution in [1.82, 2.24) is 19.9 Å². The highest BCUT2D eigenvalue weighted by Crippen LogP contribution is 2.44. The van der Waals surface area contributed by atoms with Crippen LogP contribution in [0.4, 0.5) is 4.79 Å². The summed E-state index contributed by atoms with van der Waals surface area (Å²) in [6.45, 7) is 1.34. The molecule has 0 spiro atoms. The van der Waals surface area contributed by atoms with Gasteiger partial charge in [-0.25, -0.2) is 9.48 Å². The van der Waals surface area contributed by atoms with Crippen molar-refractivity contribution >= 4 is 6.09 Å². The lowest BCUT2D eigenvalue weighted by molar-refractivity contribution is 0.106. The molecule has 3 aromatic rings. The maximum Gasteiger partial charge on any atom is 0.409 e. The quantitative estimate of drug-likeness (QED) is 0.741. The molecule has 29 heavy (non-hydrogen) atoms. The number of fused-ring (bicyclic) bond motifs is 3. The van der Waals surface area contributed by atoms with Crippen LogP contribution < -0.4 is 0 Å². The van der Waals surface area contributed by atoms with Crippen molar-refractivity contribution < 1.29 is 14.6 Å². The SMILES string of the molecule is O=C(OCC1c2ccccc2-c2ccccc21)N1CCC(n2cc(CO)nn2)C1. The lowest BCUT2D eigenvalue weighted by Gasteiger charge is -2.19. The van der Waals surface area contributed by atoms with Gasteiger partial charge in [-0.05, 0) is 28.7 Å². The second-order valence-corrected chi connectivity index (χ2v) is 7.54. The molecule has 0 bridgehead atoms. The Labute approximate surface area is 168 Å². The van der Waals surface area contributed by atoms with E-state index in [4.69, 9.17) is 9.84 Å². The Bertz CT molecular complexity index is 1000. The number of carbonyl (C=O) groups excluding carboxylic acids is 1. The summed E-state index contributed by atoms with van der Waals surface area (Å²) in [5.74, 6) is 0.0622. The van der Waals surface area contributed by atoms with E-state index in [2.05, 4.69) is 34.6 Å². The molecule has 148 valence electrons. The van der Waals surface area contributed by atoms with Crippen LogP contribution in [0.25, 0.3) is 11.1 Å². The molecule has 1 atom stereocenters. The first kappa shape index (κ1) is 17.9. The van der Waals surface area contributed by atoms with Crippen LogP contribution in [0.2, 0.25) is 0 Å². The maximum atomic E-state index is 12.7. The van der Waals surface area contributed by atoms with Gasteiger partial charge in [0.05, 0.1) is 18.8 Å². The highest BCUT2D eigenvalue weighted by Gasteiger charge is 2.32. The minimum absolute atomic E-state index is 0.0586. The Balaban J connectivity index is 1.26. The van der Waals surface area contributed by atoms with E-state index in [-0.39, 0.29) is 24.7 Å². The number of aromatic nitrogens is 3. The zero-order valence-electron chi connectivity index (χ0n) is 15.9. The molecular weight excluding hydrogens is 368 g/mol. The molecule has 5 rings (SSSR count). The Hall–Kier alpha value is -3.19. The fourth-order valence-corrected chi connectivity index (χ4v) is 4.37. The van der Waals surface area contributed by atoms with Crippen molar-refractivity contribution in [3.05, 3.63) is 71.5 Å². The van der Waals surface area contributed by atoms with Crippen LogP contribution >= 0.6 is 0 Å². The molecule has 1 N–H and O–H groups in total. The van der Waals surface area contributed by atoms with Crippen LogP contribution in [0, 0.1) is 0 Å². The number of aliphatic hydroxyl groups is 1. The van der Waals surface area contributed by atoms with E-state index in [1.165, 1.54) is 22.3 Å². The van der Waals surface area contributed by atoms with Crippen LogP contribution in [0.1, 0.15) is 35.2 Å². The molecule has 2 aromatic carbocycles. The largest absolute Gasteiger partial charge is 0.448 e. The van der Waals surface area contributed by atoms with Gasteiger partial charge in [0, 0.05) is 19.0 Å². The van der Waals surface area contributed by atoms with Gasteiger partial charge in [0.1, 0.15) is 12.3 Å². The first-order valence-corrected chi connectivity index (χ1v) is 9.86. The number of aliphatic hydroxyl groups excluding tert-OH is 1. The summed E-state index contributed by atoms with van der Waals surface area (Å²) in [6.07, 6.45) is 2.22. The number of nitrogens with zero attached hydrogens (tertiary/aromatic N) is 4. The molecule has 0 radical (unpaired) electrons. The van der Waals surface area contributed by atoms with Gasteiger partial charge >= 0.3 is 6.09 Å². The molecular formula is C22H22N4O3. The van der Waals surface area contributed by atoms with E-state index in [1.807, 2.05) is 24.3 Å². The summed E-state index contributed by atoms with van der Waals surface area (Å²) in [4.78, 5) is 14.4. The van der Waals surface area contributed by atoms with Crippen LogP contribution in [0.15, 0.2) is 54.7 Å². The minimum atomic E-state index is -0.295. The van der Waals surface area contributed by atoms with Gasteiger partial charge in [0.15, 0.2) is 0 Å². The first-order chi connectivity index (χ1) is 14.2. The number of hydrogen-bond acceptors (Lipinski definition) is 5. The molecule has 7 heteroatoms. The van der Waals surface area contributed by atoms with Crippen molar-refractivity contribution in [3.8, 4) is 11.1 Å². The van der Waals surface area contributed by atoms with Crippen molar-refractivity contribution in [2.75, 3.05) is 19.7 Å². The van der Waals surface area contributed by atoms with Gasteiger partial charge in [-0.15, -0.1) is 5.10 Å². The topological polar surface area (TPSA) is 80.5 Å². The molecule has 1 fully saturated rings. The highest BCUT2D eigenvalue weighted by atomic mass is 16.6. The molecule has 1 aromatic heterocycles. The summed E-state index contributed by atoms with van der Waals surface area (Å²) >= 11 is 0. The lowest BCUT2D eigenvalue weighted by atomic mass is 9.98. The molecule has 1 amide bonds. The fourth-order valence-electron chi connectivity index (χ4n) is 4.37. The molecule has 2 aliphatic rings. The van der Waals surface area contributed by atoms with Crippen molar-refractivity contribution in [2.24, 2.45) is 0 Å². The zero-order valence-corrected chi connectivity index (χ0v) is 15.9. The van der Waals surface area contributed by atoms with E-state index in [0.29, 0.717) is 25.4 Å². The number of rotatable bonds is 4. The van der Waals surface area contributed by atoms with Crippen LogP contribution in [-0.2, 0) is 11.3 Å². The van der Waals surface area contributed by atoms with Crippen molar-refractivity contribution in [2.45, 2.75) is 25.0 Å². The molecule has 1 saturated heterocycles. The van der Waals surface area contributed by atoms with Gasteiger partial charge in [0.25, 0.3) is 0 Å². The van der Waals surface area contributed by atoms with E-state index in [9.17, 15) is 4.79 Å². The Morgan fingerprint density at radius 2 is 1.79 bits per heavy atom. The Kier molecular flexibility index (Phi) is 4.52. The van der Waals surface area contributed by atoms with E-state index < -0.39 is 0 Å². The van der Waals surface area contributed by atoms with Gasteiger partial charge in [0.2, 0.25) is 0 Å². The molecule has 1 unspecified atom stereocenters. The summed E-state index contributed by atoms with van der Waals surface area (Å²) in [5, 5.41) is 17.1. The van der Waals surface area contributed by atoms with Crippen LogP contribution in [-0.4, -0.2) is 50.8 Å². The summed E-state index contributed by atoms with van der Waals surface area (Å²) in [6, 6.07) is 16.7. The highest BCUT2D eigenvalue weighted by molar-refractivity contribution is 5.79. The normalized spacial score (nSPS) is 18.0. The smallest absolute Gasteiger partial charge is 0.409 e. The minimum Gasteiger partial charge on any atom is -0.448 e. The zero-order chi connectivity index (χ0) is 19.8. The number of benzene rings is 2. The van der Waals surface area contributed by atoms with E-state index in [0.717, 1.165) is 6.42 Å². The summed E-state index contributed by atoms with van der Waals surface area (Å²) in [7, 11) is 0. The van der Waals surface area contributed by atoms with Gasteiger partial charge in [-0.1, -0.05) is 53.7 Å². The molecule has 7 nitrogen and oxygen atoms in total. The first-order valence-electron chi connectivity index (χ1n) is 9.86. The average molecular weight is 390 g/mol. The molecule has 1 aliphatic carbocycles. The Morgan fingerprint density at radius 1 is 1.10 bits per heavy atom. The third kappa shape index (κ3) is 3.17. The number of amides is 1. The number of likely N-dealkylation sites (tertiary alicyclic amines) is 1. The molecule has 1 aliphatic heterocycles. The number of carbonyl (C=O) groups is 1. The second kappa shape index (κ2) is 7.33. The van der Waals surface area contributed by atoms with Crippen LogP contribution in [0.3, 0.4) is 0 Å². The van der Waals surface area contributed by atoms with E-state index >= 15 is 0 Å². The van der Waals surface area contributed by atoms with Crippen molar-refractivity contribution in [3.63, 3.8) is 0 Å². The van der Waals surface area contributed by atoms with Gasteiger partial charge in [-0.2, -0.15) is 0 Å². The van der Waals surface area contributed by atoms with Crippen LogP contribution in [0.5, 0.6) is 0 Å². The predicted molar refractivity (Wildman–Crippen MR) is 106 cm³/mol. The number of hydrogen-bond donors (Lipinski definition) is 1. The third-order valence-corrected chi connectivity index (χ3v) is 5.85.